The van der Waals surface area contributed by atoms with Crippen molar-refractivity contribution in [3.8, 4) is 0 Å². The monoisotopic (exact) mass is 462 g/mol. The number of allylic oxidation sites excluding steroid dienone is 2. The fraction of sp³-hybridized carbons (Fsp3) is 0.148. The molecule has 0 amide bonds. The van der Waals surface area contributed by atoms with Gasteiger partial charge in [-0.1, -0.05) is 84.4 Å². The number of carbonyl (C=O) groups excluding carboxylic acids is 1. The molecule has 0 saturated heterocycles. The number of hydrogen-bond acceptors (Lipinski definition) is 3. The van der Waals surface area contributed by atoms with Crippen LogP contribution in [0.15, 0.2) is 100 Å². The van der Waals surface area contributed by atoms with Crippen LogP contribution in [0.2, 0.25) is 5.02 Å². The molecule has 0 bridgehead atoms. The molecule has 1 fully saturated rings. The molecule has 0 atom stereocenters. The zero-order valence-corrected chi connectivity index (χ0v) is 19.5. The number of carbonyl (C=O) groups is 1. The van der Waals surface area contributed by atoms with E-state index in [9.17, 15) is 4.79 Å². The highest BCUT2D eigenvalue weighted by Gasteiger charge is 2.27. The summed E-state index contributed by atoms with van der Waals surface area (Å²) in [6.45, 7) is 0. The van der Waals surface area contributed by atoms with Crippen molar-refractivity contribution < 1.29 is 4.79 Å². The molecule has 0 aromatic heterocycles. The van der Waals surface area contributed by atoms with Crippen LogP contribution in [0, 0.1) is 0 Å². The number of hydrogen-bond donors (Lipinski definition) is 0. The Morgan fingerprint density at radius 3 is 1.87 bits per heavy atom. The summed E-state index contributed by atoms with van der Waals surface area (Å²) in [4.78, 5) is 13.3. The minimum atomic E-state index is 0.186. The van der Waals surface area contributed by atoms with Gasteiger partial charge in [-0.15, -0.1) is 23.5 Å². The van der Waals surface area contributed by atoms with Crippen molar-refractivity contribution >= 4 is 47.0 Å². The van der Waals surface area contributed by atoms with Crippen molar-refractivity contribution in [3.05, 3.63) is 122 Å². The predicted molar refractivity (Wildman–Crippen MR) is 136 cm³/mol. The molecule has 0 heterocycles. The van der Waals surface area contributed by atoms with E-state index >= 15 is 0 Å². The van der Waals surface area contributed by atoms with Crippen molar-refractivity contribution in [1.29, 1.82) is 0 Å². The zero-order chi connectivity index (χ0) is 21.5. The summed E-state index contributed by atoms with van der Waals surface area (Å²) in [6.07, 6.45) is 3.60. The van der Waals surface area contributed by atoms with E-state index in [0.717, 1.165) is 45.3 Å². The van der Waals surface area contributed by atoms with Crippen LogP contribution >= 0.6 is 35.1 Å². The molecular formula is C27H23ClOS2. The Bertz CT molecular complexity index is 1040. The minimum Gasteiger partial charge on any atom is -0.289 e. The van der Waals surface area contributed by atoms with Gasteiger partial charge in [-0.2, -0.15) is 0 Å². The number of benzene rings is 3. The fourth-order valence-corrected chi connectivity index (χ4v) is 5.97. The average Bonchev–Trinajstić information content (AvgIpc) is 3.17. The van der Waals surface area contributed by atoms with Gasteiger partial charge in [-0.05, 0) is 47.7 Å². The van der Waals surface area contributed by atoms with Gasteiger partial charge in [0.1, 0.15) is 0 Å². The van der Waals surface area contributed by atoms with Gasteiger partial charge in [-0.25, -0.2) is 0 Å². The summed E-state index contributed by atoms with van der Waals surface area (Å²) < 4.78 is 1.15. The number of rotatable bonds is 7. The number of ketones is 1. The van der Waals surface area contributed by atoms with Crippen LogP contribution in [0.5, 0.6) is 0 Å². The Labute approximate surface area is 197 Å². The van der Waals surface area contributed by atoms with E-state index in [1.165, 1.54) is 11.1 Å². The van der Waals surface area contributed by atoms with Crippen molar-refractivity contribution in [2.75, 3.05) is 0 Å². The molecule has 3 aromatic rings. The topological polar surface area (TPSA) is 17.1 Å². The van der Waals surface area contributed by atoms with Crippen LogP contribution in [0.25, 0.3) is 6.08 Å². The normalized spacial score (nSPS) is 14.9. The summed E-state index contributed by atoms with van der Waals surface area (Å²) in [5.41, 5.74) is 5.41. The first kappa shape index (κ1) is 22.0. The molecule has 0 aliphatic heterocycles. The van der Waals surface area contributed by atoms with E-state index in [1.807, 2.05) is 42.5 Å². The second-order valence-corrected chi connectivity index (χ2v) is 10.0. The van der Waals surface area contributed by atoms with Gasteiger partial charge in [0.15, 0.2) is 5.78 Å². The van der Waals surface area contributed by atoms with Gasteiger partial charge < -0.3 is 0 Å². The summed E-state index contributed by atoms with van der Waals surface area (Å²) in [7, 11) is 0. The lowest BCUT2D eigenvalue weighted by molar-refractivity contribution is -0.111. The summed E-state index contributed by atoms with van der Waals surface area (Å²) in [6, 6.07) is 28.5. The highest BCUT2D eigenvalue weighted by Crippen LogP contribution is 2.42. The van der Waals surface area contributed by atoms with E-state index in [2.05, 4.69) is 48.5 Å². The maximum Gasteiger partial charge on any atom is 0.186 e. The number of halogens is 1. The smallest absolute Gasteiger partial charge is 0.186 e. The molecule has 0 spiro atoms. The highest BCUT2D eigenvalue weighted by molar-refractivity contribution is 8.21. The van der Waals surface area contributed by atoms with Gasteiger partial charge in [0.05, 0.1) is 0 Å². The Morgan fingerprint density at radius 2 is 1.32 bits per heavy atom. The van der Waals surface area contributed by atoms with E-state index in [1.54, 1.807) is 23.5 Å². The second kappa shape index (κ2) is 10.9. The van der Waals surface area contributed by atoms with Gasteiger partial charge in [0.25, 0.3) is 0 Å². The molecule has 0 unspecified atom stereocenters. The van der Waals surface area contributed by atoms with E-state index in [4.69, 9.17) is 11.6 Å². The van der Waals surface area contributed by atoms with Crippen LogP contribution in [0.4, 0.5) is 0 Å². The second-order valence-electron chi connectivity index (χ2n) is 7.36. The Hall–Kier alpha value is -2.20. The molecule has 31 heavy (non-hydrogen) atoms. The molecule has 1 saturated carbocycles. The SMILES string of the molecule is O=C1C(=C(SCc2ccccc2)SCc2ccccc2)CC/C1=C/c1ccc(Cl)cc1. The third kappa shape index (κ3) is 6.16. The molecule has 156 valence electrons. The van der Waals surface area contributed by atoms with Crippen LogP contribution < -0.4 is 0 Å². The van der Waals surface area contributed by atoms with Gasteiger partial charge in [-0.3, -0.25) is 4.79 Å². The summed E-state index contributed by atoms with van der Waals surface area (Å²) >= 11 is 9.56. The van der Waals surface area contributed by atoms with E-state index in [0.29, 0.717) is 5.02 Å². The molecule has 3 aromatic carbocycles. The first-order chi connectivity index (χ1) is 15.2. The molecule has 0 N–H and O–H groups in total. The molecule has 4 rings (SSSR count). The molecule has 0 radical (unpaired) electrons. The lowest BCUT2D eigenvalue weighted by atomic mass is 10.1. The Kier molecular flexibility index (Phi) is 7.74. The maximum atomic E-state index is 13.3. The largest absolute Gasteiger partial charge is 0.289 e. The maximum absolute atomic E-state index is 13.3. The molecule has 4 heteroatoms. The average molecular weight is 463 g/mol. The van der Waals surface area contributed by atoms with Crippen molar-refractivity contribution in [2.24, 2.45) is 0 Å². The van der Waals surface area contributed by atoms with Gasteiger partial charge >= 0.3 is 0 Å². The van der Waals surface area contributed by atoms with Crippen LogP contribution in [-0.2, 0) is 16.3 Å². The Morgan fingerprint density at radius 1 is 0.774 bits per heavy atom. The first-order valence-corrected chi connectivity index (χ1v) is 12.6. The van der Waals surface area contributed by atoms with Gasteiger partial charge in [0.2, 0.25) is 0 Å². The number of thioether (sulfide) groups is 2. The number of Topliss-reactive ketones (excluding diaryl/α,β-unsaturated/α-hetero) is 1. The Balaban J connectivity index is 1.56. The lowest BCUT2D eigenvalue weighted by Crippen LogP contribution is -1.98. The van der Waals surface area contributed by atoms with Gasteiger partial charge in [0, 0.05) is 31.9 Å². The van der Waals surface area contributed by atoms with E-state index < -0.39 is 0 Å². The third-order valence-electron chi connectivity index (χ3n) is 5.09. The molecular weight excluding hydrogens is 440 g/mol. The van der Waals surface area contributed by atoms with Crippen molar-refractivity contribution in [1.82, 2.24) is 0 Å². The molecule has 1 aliphatic rings. The van der Waals surface area contributed by atoms with Crippen LogP contribution in [0.1, 0.15) is 29.5 Å². The highest BCUT2D eigenvalue weighted by atomic mass is 35.5. The standard InChI is InChI=1S/C27H23ClOS2/c28-24-14-11-20(12-15-24)17-23-13-16-25(26(23)29)27(30-18-21-7-3-1-4-8-21)31-19-22-9-5-2-6-10-22/h1-12,14-15,17H,13,16,18-19H2/b23-17-. The predicted octanol–water partition coefficient (Wildman–Crippen LogP) is 8.16. The molecule has 1 nitrogen and oxygen atoms in total. The van der Waals surface area contributed by atoms with Crippen LogP contribution in [-0.4, -0.2) is 5.78 Å². The molecule has 1 aliphatic carbocycles. The summed E-state index contributed by atoms with van der Waals surface area (Å²) in [5, 5.41) is 0.706. The van der Waals surface area contributed by atoms with E-state index in [-0.39, 0.29) is 5.78 Å². The van der Waals surface area contributed by atoms with Crippen molar-refractivity contribution in [3.63, 3.8) is 0 Å². The van der Waals surface area contributed by atoms with Crippen molar-refractivity contribution in [2.45, 2.75) is 24.3 Å². The quantitative estimate of drug-likeness (QED) is 0.329. The first-order valence-electron chi connectivity index (χ1n) is 10.3. The lowest BCUT2D eigenvalue weighted by Gasteiger charge is -2.11. The fourth-order valence-electron chi connectivity index (χ4n) is 3.44. The zero-order valence-electron chi connectivity index (χ0n) is 17.1. The third-order valence-corrected chi connectivity index (χ3v) is 8.02. The van der Waals surface area contributed by atoms with Crippen LogP contribution in [0.3, 0.4) is 0 Å². The minimum absolute atomic E-state index is 0.186. The summed E-state index contributed by atoms with van der Waals surface area (Å²) in [5.74, 6) is 1.92.